The fourth-order valence-electron chi connectivity index (χ4n) is 2.70. The number of benzene rings is 1. The van der Waals surface area contributed by atoms with E-state index in [4.69, 9.17) is 0 Å². The lowest BCUT2D eigenvalue weighted by Crippen LogP contribution is -2.40. The minimum absolute atomic E-state index is 0.0148. The first-order valence-electron chi connectivity index (χ1n) is 6.93. The van der Waals surface area contributed by atoms with E-state index in [9.17, 15) is 9.90 Å². The predicted molar refractivity (Wildman–Crippen MR) is 83.1 cm³/mol. The Balaban J connectivity index is 1.96. The minimum atomic E-state index is -0.0148. The van der Waals surface area contributed by atoms with Crippen LogP contribution in [0.3, 0.4) is 0 Å². The number of anilines is 1. The molecule has 0 aliphatic carbocycles. The number of carbonyl (C=O) groups is 1. The average molecular weight is 294 g/mol. The monoisotopic (exact) mass is 294 g/mol. The lowest BCUT2D eigenvalue weighted by molar-refractivity contribution is -0.117. The summed E-state index contributed by atoms with van der Waals surface area (Å²) in [6, 6.07) is 7.90. The molecule has 2 rings (SSSR count). The Morgan fingerprint density at radius 3 is 2.95 bits per heavy atom. The van der Waals surface area contributed by atoms with E-state index in [0.29, 0.717) is 12.5 Å². The van der Waals surface area contributed by atoms with E-state index in [1.54, 1.807) is 11.8 Å². The van der Waals surface area contributed by atoms with Gasteiger partial charge in [0.15, 0.2) is 0 Å². The highest BCUT2D eigenvalue weighted by molar-refractivity contribution is 7.98. The number of hydrogen-bond acceptors (Lipinski definition) is 4. The second kappa shape index (κ2) is 7.11. The Bertz CT molecular complexity index is 467. The minimum Gasteiger partial charge on any atom is -0.395 e. The normalized spacial score (nSPS) is 22.9. The quantitative estimate of drug-likeness (QED) is 0.816. The van der Waals surface area contributed by atoms with E-state index in [2.05, 4.69) is 17.1 Å². The summed E-state index contributed by atoms with van der Waals surface area (Å²) in [5, 5.41) is 12.4. The molecule has 0 bridgehead atoms. The molecule has 2 N–H and O–H groups in total. The number of likely N-dealkylation sites (tertiary alicyclic amines) is 1. The Morgan fingerprint density at radius 2 is 2.25 bits per heavy atom. The van der Waals surface area contributed by atoms with E-state index < -0.39 is 0 Å². The molecule has 0 saturated carbocycles. The van der Waals surface area contributed by atoms with Crippen LogP contribution in [0.5, 0.6) is 0 Å². The molecule has 1 heterocycles. The van der Waals surface area contributed by atoms with Crippen molar-refractivity contribution >= 4 is 23.4 Å². The zero-order chi connectivity index (χ0) is 14.5. The topological polar surface area (TPSA) is 52.6 Å². The van der Waals surface area contributed by atoms with Gasteiger partial charge in [0.05, 0.1) is 18.8 Å². The van der Waals surface area contributed by atoms with Gasteiger partial charge in [-0.1, -0.05) is 19.1 Å². The van der Waals surface area contributed by atoms with Crippen molar-refractivity contribution in [2.24, 2.45) is 5.92 Å². The van der Waals surface area contributed by atoms with Crippen molar-refractivity contribution in [3.8, 4) is 0 Å². The second-order valence-electron chi connectivity index (χ2n) is 5.23. The predicted octanol–water partition coefficient (Wildman–Crippen LogP) is 2.05. The molecule has 2 atom stereocenters. The van der Waals surface area contributed by atoms with Crippen LogP contribution in [-0.2, 0) is 4.79 Å². The summed E-state index contributed by atoms with van der Waals surface area (Å²) in [6.07, 6.45) is 3.04. The summed E-state index contributed by atoms with van der Waals surface area (Å²) in [5.74, 6) is 0.435. The highest BCUT2D eigenvalue weighted by atomic mass is 32.2. The molecule has 2 unspecified atom stereocenters. The number of aliphatic hydroxyl groups is 1. The molecule has 20 heavy (non-hydrogen) atoms. The third-order valence-corrected chi connectivity index (χ3v) is 4.71. The van der Waals surface area contributed by atoms with Gasteiger partial charge >= 0.3 is 0 Å². The molecule has 110 valence electrons. The van der Waals surface area contributed by atoms with Gasteiger partial charge in [0, 0.05) is 10.9 Å². The van der Waals surface area contributed by atoms with Gasteiger partial charge in [0.1, 0.15) is 0 Å². The maximum absolute atomic E-state index is 12.2. The standard InChI is InChI=1S/C15H22N2O2S/c1-11-7-8-17(13(11)10-18)9-15(19)16-12-5-3-4-6-14(12)20-2/h3-6,11,13,18H,7-10H2,1-2H3,(H,16,19). The number of carbonyl (C=O) groups excluding carboxylic acids is 1. The Kier molecular flexibility index (Phi) is 5.46. The molecule has 1 amide bonds. The third-order valence-electron chi connectivity index (χ3n) is 3.91. The number of nitrogens with one attached hydrogen (secondary N) is 1. The summed E-state index contributed by atoms with van der Waals surface area (Å²) >= 11 is 1.62. The third kappa shape index (κ3) is 3.53. The van der Waals surface area contributed by atoms with E-state index in [0.717, 1.165) is 23.5 Å². The van der Waals surface area contributed by atoms with Gasteiger partial charge in [0.2, 0.25) is 5.91 Å². The average Bonchev–Trinajstić information content (AvgIpc) is 2.79. The molecule has 5 heteroatoms. The molecule has 0 spiro atoms. The Labute approximate surface area is 124 Å². The number of nitrogens with zero attached hydrogens (tertiary/aromatic N) is 1. The lowest BCUT2D eigenvalue weighted by atomic mass is 10.0. The smallest absolute Gasteiger partial charge is 0.238 e. The van der Waals surface area contributed by atoms with Crippen molar-refractivity contribution in [2.75, 3.05) is 31.3 Å². The van der Waals surface area contributed by atoms with Crippen LogP contribution in [0.1, 0.15) is 13.3 Å². The first-order chi connectivity index (χ1) is 9.65. The number of aliphatic hydroxyl groups excluding tert-OH is 1. The first-order valence-corrected chi connectivity index (χ1v) is 8.16. The Morgan fingerprint density at radius 1 is 1.50 bits per heavy atom. The number of hydrogen-bond donors (Lipinski definition) is 2. The van der Waals surface area contributed by atoms with Crippen molar-refractivity contribution < 1.29 is 9.90 Å². The number of amides is 1. The van der Waals surface area contributed by atoms with Gasteiger partial charge in [-0.25, -0.2) is 0 Å². The molecule has 1 saturated heterocycles. The van der Waals surface area contributed by atoms with E-state index in [1.807, 2.05) is 30.5 Å². The molecule has 0 aromatic heterocycles. The van der Waals surface area contributed by atoms with Crippen LogP contribution >= 0.6 is 11.8 Å². The highest BCUT2D eigenvalue weighted by Gasteiger charge is 2.31. The molecule has 0 radical (unpaired) electrons. The van der Waals surface area contributed by atoms with Crippen molar-refractivity contribution in [1.29, 1.82) is 0 Å². The zero-order valence-corrected chi connectivity index (χ0v) is 12.8. The lowest BCUT2D eigenvalue weighted by Gasteiger charge is -2.24. The van der Waals surface area contributed by atoms with Crippen LogP contribution in [0.15, 0.2) is 29.2 Å². The first kappa shape index (κ1) is 15.4. The Hall–Kier alpha value is -1.04. The van der Waals surface area contributed by atoms with Crippen molar-refractivity contribution in [3.05, 3.63) is 24.3 Å². The summed E-state index contributed by atoms with van der Waals surface area (Å²) in [4.78, 5) is 15.3. The summed E-state index contributed by atoms with van der Waals surface area (Å²) in [6.45, 7) is 3.47. The molecule has 4 nitrogen and oxygen atoms in total. The van der Waals surface area contributed by atoms with E-state index >= 15 is 0 Å². The van der Waals surface area contributed by atoms with Gasteiger partial charge in [-0.2, -0.15) is 0 Å². The van der Waals surface area contributed by atoms with E-state index in [1.165, 1.54) is 0 Å². The van der Waals surface area contributed by atoms with Gasteiger partial charge in [-0.05, 0) is 37.3 Å². The summed E-state index contributed by atoms with van der Waals surface area (Å²) < 4.78 is 0. The molecule has 1 aliphatic rings. The van der Waals surface area contributed by atoms with Crippen molar-refractivity contribution in [3.63, 3.8) is 0 Å². The van der Waals surface area contributed by atoms with Gasteiger partial charge in [0.25, 0.3) is 0 Å². The van der Waals surface area contributed by atoms with Crippen LogP contribution in [0.4, 0.5) is 5.69 Å². The molecular formula is C15H22N2O2S. The maximum Gasteiger partial charge on any atom is 0.238 e. The molecular weight excluding hydrogens is 272 g/mol. The van der Waals surface area contributed by atoms with Gasteiger partial charge in [-0.3, -0.25) is 9.69 Å². The molecule has 1 aromatic carbocycles. The number of rotatable bonds is 5. The zero-order valence-electron chi connectivity index (χ0n) is 12.0. The fraction of sp³-hybridized carbons (Fsp3) is 0.533. The SMILES string of the molecule is CSc1ccccc1NC(=O)CN1CCC(C)C1CO. The van der Waals surface area contributed by atoms with Crippen molar-refractivity contribution in [1.82, 2.24) is 4.90 Å². The van der Waals surface area contributed by atoms with Gasteiger partial charge < -0.3 is 10.4 Å². The molecule has 1 aliphatic heterocycles. The largest absolute Gasteiger partial charge is 0.395 e. The fourth-order valence-corrected chi connectivity index (χ4v) is 3.26. The van der Waals surface area contributed by atoms with Gasteiger partial charge in [-0.15, -0.1) is 11.8 Å². The van der Waals surface area contributed by atoms with E-state index in [-0.39, 0.29) is 18.6 Å². The van der Waals surface area contributed by atoms with Crippen LogP contribution < -0.4 is 5.32 Å². The highest BCUT2D eigenvalue weighted by Crippen LogP contribution is 2.26. The number of thioether (sulfide) groups is 1. The van der Waals surface area contributed by atoms with Crippen LogP contribution in [-0.4, -0.2) is 47.9 Å². The molecule has 1 aromatic rings. The van der Waals surface area contributed by atoms with Crippen LogP contribution in [0.25, 0.3) is 0 Å². The number of para-hydroxylation sites is 1. The summed E-state index contributed by atoms with van der Waals surface area (Å²) in [7, 11) is 0. The van der Waals surface area contributed by atoms with Crippen LogP contribution in [0, 0.1) is 5.92 Å². The molecule has 1 fully saturated rings. The summed E-state index contributed by atoms with van der Waals surface area (Å²) in [5.41, 5.74) is 0.859. The second-order valence-corrected chi connectivity index (χ2v) is 6.08. The maximum atomic E-state index is 12.2. The van der Waals surface area contributed by atoms with Crippen LogP contribution in [0.2, 0.25) is 0 Å². The van der Waals surface area contributed by atoms with Crippen molar-refractivity contribution in [2.45, 2.75) is 24.3 Å².